The maximum absolute atomic E-state index is 13.1. The molecule has 1 fully saturated rings. The molecule has 1 aliphatic heterocycles. The molecule has 1 saturated heterocycles. The Kier molecular flexibility index (Phi) is 5.63. The molecule has 3 aromatic rings. The summed E-state index contributed by atoms with van der Waals surface area (Å²) in [6.07, 6.45) is 0. The number of nitrogens with zero attached hydrogens (tertiary/aromatic N) is 3. The van der Waals surface area contributed by atoms with Crippen LogP contribution in [0.2, 0.25) is 0 Å². The van der Waals surface area contributed by atoms with Gasteiger partial charge >= 0.3 is 0 Å². The minimum Gasteiger partial charge on any atom is -0.497 e. The van der Waals surface area contributed by atoms with E-state index in [-0.39, 0.29) is 5.91 Å². The van der Waals surface area contributed by atoms with Gasteiger partial charge in [-0.15, -0.1) is 0 Å². The van der Waals surface area contributed by atoms with Crippen LogP contribution in [0.1, 0.15) is 21.5 Å². The van der Waals surface area contributed by atoms with E-state index in [0.29, 0.717) is 48.8 Å². The molecule has 0 bridgehead atoms. The molecule has 158 valence electrons. The molecule has 31 heavy (non-hydrogen) atoms. The van der Waals surface area contributed by atoms with Crippen LogP contribution < -0.4 is 19.4 Å². The van der Waals surface area contributed by atoms with Crippen LogP contribution in [-0.2, 0) is 0 Å². The van der Waals surface area contributed by atoms with Crippen LogP contribution in [0.4, 0.5) is 5.82 Å². The number of hydrogen-bond acceptors (Lipinski definition) is 5. The predicted molar refractivity (Wildman–Crippen MR) is 118 cm³/mol. The molecule has 0 atom stereocenters. The Morgan fingerprint density at radius 3 is 2.48 bits per heavy atom. The zero-order valence-corrected chi connectivity index (χ0v) is 17.9. The second-order valence-electron chi connectivity index (χ2n) is 7.58. The second kappa shape index (κ2) is 8.52. The van der Waals surface area contributed by atoms with Crippen LogP contribution in [-0.4, -0.2) is 51.2 Å². The number of rotatable bonds is 4. The molecule has 0 unspecified atom stereocenters. The number of methoxy groups -OCH3 is 2. The Labute approximate surface area is 181 Å². The number of aromatic amines is 1. The SMILES string of the molecule is COc1ccc(C(=O)N2CCN(c3[nH+]c4cc(C)ccc4cc3C#N)CC2)c(OC)c1. The van der Waals surface area contributed by atoms with Crippen molar-refractivity contribution in [2.24, 2.45) is 0 Å². The predicted octanol–water partition coefficient (Wildman–Crippen LogP) is 2.81. The lowest BCUT2D eigenvalue weighted by atomic mass is 10.1. The van der Waals surface area contributed by atoms with Gasteiger partial charge in [0.15, 0.2) is 0 Å². The Morgan fingerprint density at radius 1 is 1.03 bits per heavy atom. The number of benzene rings is 2. The van der Waals surface area contributed by atoms with E-state index in [0.717, 1.165) is 22.3 Å². The minimum absolute atomic E-state index is 0.0715. The summed E-state index contributed by atoms with van der Waals surface area (Å²) in [6, 6.07) is 15.6. The molecular weight excluding hydrogens is 392 g/mol. The lowest BCUT2D eigenvalue weighted by Gasteiger charge is -2.31. The first-order valence-corrected chi connectivity index (χ1v) is 10.2. The van der Waals surface area contributed by atoms with Crippen molar-refractivity contribution in [1.29, 1.82) is 5.26 Å². The van der Waals surface area contributed by atoms with E-state index in [1.165, 1.54) is 0 Å². The highest BCUT2D eigenvalue weighted by molar-refractivity contribution is 5.97. The highest BCUT2D eigenvalue weighted by Gasteiger charge is 2.30. The Balaban J connectivity index is 1.54. The number of anilines is 1. The average Bonchev–Trinajstić information content (AvgIpc) is 2.82. The Hall–Kier alpha value is -3.79. The third-order valence-electron chi connectivity index (χ3n) is 5.66. The van der Waals surface area contributed by atoms with Crippen molar-refractivity contribution in [2.75, 3.05) is 45.3 Å². The number of aryl methyl sites for hydroxylation is 1. The molecule has 1 aromatic heterocycles. The number of H-pyrrole nitrogens is 1. The summed E-state index contributed by atoms with van der Waals surface area (Å²) in [5.74, 6) is 1.87. The van der Waals surface area contributed by atoms with Gasteiger partial charge in [-0.25, -0.2) is 4.98 Å². The number of aromatic nitrogens is 1. The molecule has 1 N–H and O–H groups in total. The Bertz CT molecular complexity index is 1180. The fraction of sp³-hybridized carbons (Fsp3) is 0.292. The van der Waals surface area contributed by atoms with Gasteiger partial charge in [-0.1, -0.05) is 12.1 Å². The molecule has 7 nitrogen and oxygen atoms in total. The number of hydrogen-bond donors (Lipinski definition) is 0. The molecular formula is C24H25N4O3+. The highest BCUT2D eigenvalue weighted by atomic mass is 16.5. The number of fused-ring (bicyclic) bond motifs is 1. The standard InChI is InChI=1S/C24H24N4O3/c1-16-4-5-17-13-18(15-25)23(26-21(17)12-16)27-8-10-28(11-9-27)24(29)20-7-6-19(30-2)14-22(20)31-3/h4-7,12-14H,8-11H2,1-3H3/p+1. The average molecular weight is 417 g/mol. The van der Waals surface area contributed by atoms with Crippen molar-refractivity contribution in [1.82, 2.24) is 4.90 Å². The van der Waals surface area contributed by atoms with Crippen molar-refractivity contribution in [3.05, 3.63) is 59.2 Å². The second-order valence-corrected chi connectivity index (χ2v) is 7.58. The van der Waals surface area contributed by atoms with Gasteiger partial charge in [-0.3, -0.25) is 9.69 Å². The summed E-state index contributed by atoms with van der Waals surface area (Å²) in [7, 11) is 3.13. The molecule has 0 aliphatic carbocycles. The van der Waals surface area contributed by atoms with Gasteiger partial charge in [0.2, 0.25) is 0 Å². The van der Waals surface area contributed by atoms with Crippen LogP contribution in [0.5, 0.6) is 11.5 Å². The summed E-state index contributed by atoms with van der Waals surface area (Å²) in [5.41, 5.74) is 3.27. The third-order valence-corrected chi connectivity index (χ3v) is 5.66. The van der Waals surface area contributed by atoms with Gasteiger partial charge in [-0.05, 0) is 36.8 Å². The topological polar surface area (TPSA) is 79.9 Å². The van der Waals surface area contributed by atoms with Gasteiger partial charge in [0.05, 0.1) is 32.9 Å². The van der Waals surface area contributed by atoms with Crippen LogP contribution in [0.3, 0.4) is 0 Å². The molecule has 4 rings (SSSR count). The van der Waals surface area contributed by atoms with Crippen molar-refractivity contribution in [3.8, 4) is 17.6 Å². The summed E-state index contributed by atoms with van der Waals surface area (Å²) in [6.45, 7) is 4.42. The van der Waals surface area contributed by atoms with E-state index in [4.69, 9.17) is 9.47 Å². The van der Waals surface area contributed by atoms with E-state index in [2.05, 4.69) is 22.0 Å². The summed E-state index contributed by atoms with van der Waals surface area (Å²) in [4.78, 5) is 20.5. The number of piperazine rings is 1. The zero-order valence-electron chi connectivity index (χ0n) is 17.9. The summed E-state index contributed by atoms with van der Waals surface area (Å²) < 4.78 is 10.6. The quantitative estimate of drug-likeness (QED) is 0.652. The molecule has 7 heteroatoms. The summed E-state index contributed by atoms with van der Waals surface area (Å²) >= 11 is 0. The van der Waals surface area contributed by atoms with Gasteiger partial charge in [0, 0.05) is 11.5 Å². The van der Waals surface area contributed by atoms with Crippen molar-refractivity contribution in [3.63, 3.8) is 0 Å². The van der Waals surface area contributed by atoms with E-state index < -0.39 is 0 Å². The van der Waals surface area contributed by atoms with Crippen LogP contribution in [0.15, 0.2) is 42.5 Å². The Morgan fingerprint density at radius 2 is 1.81 bits per heavy atom. The van der Waals surface area contributed by atoms with E-state index in [1.54, 1.807) is 32.4 Å². The highest BCUT2D eigenvalue weighted by Crippen LogP contribution is 2.27. The van der Waals surface area contributed by atoms with Crippen LogP contribution in [0.25, 0.3) is 10.9 Å². The minimum atomic E-state index is -0.0715. The normalized spacial score (nSPS) is 13.7. The number of nitriles is 1. The molecule has 1 amide bonds. The van der Waals surface area contributed by atoms with Crippen molar-refractivity contribution in [2.45, 2.75) is 6.92 Å². The third kappa shape index (κ3) is 3.97. The van der Waals surface area contributed by atoms with Gasteiger partial charge < -0.3 is 14.4 Å². The van der Waals surface area contributed by atoms with Crippen LogP contribution in [0, 0.1) is 18.3 Å². The van der Waals surface area contributed by atoms with Gasteiger partial charge in [0.1, 0.15) is 41.7 Å². The maximum atomic E-state index is 13.1. The largest absolute Gasteiger partial charge is 0.497 e. The zero-order chi connectivity index (χ0) is 22.0. The molecule has 0 saturated carbocycles. The van der Waals surface area contributed by atoms with Crippen molar-refractivity contribution >= 4 is 22.6 Å². The molecule has 0 radical (unpaired) electrons. The van der Waals surface area contributed by atoms with Gasteiger partial charge in [0.25, 0.3) is 11.7 Å². The number of carbonyl (C=O) groups excluding carboxylic acids is 1. The van der Waals surface area contributed by atoms with E-state index in [9.17, 15) is 10.1 Å². The first-order chi connectivity index (χ1) is 15.0. The van der Waals surface area contributed by atoms with Crippen LogP contribution >= 0.6 is 0 Å². The molecule has 1 aliphatic rings. The lowest BCUT2D eigenvalue weighted by molar-refractivity contribution is -0.331. The number of carbonyl (C=O) groups is 1. The number of nitrogens with one attached hydrogen (secondary N) is 1. The maximum Gasteiger partial charge on any atom is 0.293 e. The smallest absolute Gasteiger partial charge is 0.293 e. The molecule has 2 aromatic carbocycles. The first kappa shape index (κ1) is 20.5. The first-order valence-electron chi connectivity index (χ1n) is 10.2. The number of pyridine rings is 1. The number of ether oxygens (including phenoxy) is 2. The molecule has 2 heterocycles. The fourth-order valence-corrected chi connectivity index (χ4v) is 3.94. The van der Waals surface area contributed by atoms with Crippen molar-refractivity contribution < 1.29 is 19.3 Å². The van der Waals surface area contributed by atoms with Gasteiger partial charge in [-0.2, -0.15) is 5.26 Å². The molecule has 0 spiro atoms. The fourth-order valence-electron chi connectivity index (χ4n) is 3.94. The summed E-state index contributed by atoms with van der Waals surface area (Å²) in [5, 5.41) is 10.7. The van der Waals surface area contributed by atoms with E-state index in [1.807, 2.05) is 30.0 Å². The van der Waals surface area contributed by atoms with E-state index >= 15 is 0 Å². The number of amides is 1. The monoisotopic (exact) mass is 417 g/mol. The lowest BCUT2D eigenvalue weighted by Crippen LogP contribution is -2.50.